The predicted molar refractivity (Wildman–Crippen MR) is 74.6 cm³/mol. The average molecular weight is 296 g/mol. The van der Waals surface area contributed by atoms with Crippen LogP contribution in [0.1, 0.15) is 37.8 Å². The van der Waals surface area contributed by atoms with Crippen molar-refractivity contribution in [3.05, 3.63) is 35.4 Å². The molecule has 0 radical (unpaired) electrons. The summed E-state index contributed by atoms with van der Waals surface area (Å²) in [6, 6.07) is 7.79. The van der Waals surface area contributed by atoms with Gasteiger partial charge in [-0.15, -0.1) is 0 Å². The second-order valence-electron chi connectivity index (χ2n) is 6.50. The molecule has 2 rings (SSSR count). The fourth-order valence-electron chi connectivity index (χ4n) is 2.88. The van der Waals surface area contributed by atoms with E-state index < -0.39 is 23.6 Å². The maximum absolute atomic E-state index is 13.2. The zero-order valence-corrected chi connectivity index (χ0v) is 12.4. The fraction of sp³-hybridized carbons (Fsp3) is 0.562. The number of nitrogens with zero attached hydrogens (tertiary/aromatic N) is 2. The van der Waals surface area contributed by atoms with Crippen LogP contribution in [0.5, 0.6) is 0 Å². The van der Waals surface area contributed by atoms with Gasteiger partial charge in [-0.2, -0.15) is 18.4 Å². The van der Waals surface area contributed by atoms with Crippen molar-refractivity contribution in [3.8, 4) is 6.07 Å². The van der Waals surface area contributed by atoms with Gasteiger partial charge in [0.2, 0.25) is 0 Å². The SMILES string of the molecule is CC(C)(C)N1C[C@H](c2ccccc2C(F)(F)F)[C@@H](C#N)C1. The molecule has 1 aromatic carbocycles. The molecule has 1 aromatic rings. The van der Waals surface area contributed by atoms with Gasteiger partial charge in [0.25, 0.3) is 0 Å². The maximum Gasteiger partial charge on any atom is 0.416 e. The van der Waals surface area contributed by atoms with Gasteiger partial charge in [-0.3, -0.25) is 4.90 Å². The molecule has 0 bridgehead atoms. The molecule has 0 unspecified atom stereocenters. The maximum atomic E-state index is 13.2. The number of benzene rings is 1. The normalized spacial score (nSPS) is 24.0. The molecule has 1 saturated heterocycles. The van der Waals surface area contributed by atoms with E-state index in [0.29, 0.717) is 13.1 Å². The van der Waals surface area contributed by atoms with Crippen molar-refractivity contribution < 1.29 is 13.2 Å². The molecular weight excluding hydrogens is 277 g/mol. The molecular formula is C16H19F3N2. The minimum Gasteiger partial charge on any atom is -0.297 e. The molecule has 1 aliphatic heterocycles. The Kier molecular flexibility index (Phi) is 4.03. The summed E-state index contributed by atoms with van der Waals surface area (Å²) in [6.45, 7) is 7.03. The van der Waals surface area contributed by atoms with Gasteiger partial charge in [-0.1, -0.05) is 18.2 Å². The molecule has 1 aliphatic rings. The number of likely N-dealkylation sites (tertiary alicyclic amines) is 1. The number of hydrogen-bond donors (Lipinski definition) is 0. The van der Waals surface area contributed by atoms with Crippen molar-refractivity contribution in [2.75, 3.05) is 13.1 Å². The summed E-state index contributed by atoms with van der Waals surface area (Å²) in [7, 11) is 0. The van der Waals surface area contributed by atoms with Crippen LogP contribution in [-0.4, -0.2) is 23.5 Å². The number of nitriles is 1. The first-order chi connectivity index (χ1) is 9.64. The molecule has 21 heavy (non-hydrogen) atoms. The Morgan fingerprint density at radius 3 is 2.29 bits per heavy atom. The molecule has 2 nitrogen and oxygen atoms in total. The molecule has 2 atom stereocenters. The van der Waals surface area contributed by atoms with Crippen LogP contribution in [0, 0.1) is 17.2 Å². The van der Waals surface area contributed by atoms with Crippen molar-refractivity contribution in [2.45, 2.75) is 38.4 Å². The Labute approximate surface area is 123 Å². The third-order valence-corrected chi connectivity index (χ3v) is 4.10. The molecule has 0 aliphatic carbocycles. The second kappa shape index (κ2) is 5.34. The number of rotatable bonds is 1. The molecule has 114 valence electrons. The van der Waals surface area contributed by atoms with Crippen molar-refractivity contribution in [3.63, 3.8) is 0 Å². The van der Waals surface area contributed by atoms with Gasteiger partial charge in [0.05, 0.1) is 17.6 Å². The van der Waals surface area contributed by atoms with E-state index in [1.807, 2.05) is 20.8 Å². The summed E-state index contributed by atoms with van der Waals surface area (Å²) in [5, 5.41) is 9.32. The molecule has 0 amide bonds. The van der Waals surface area contributed by atoms with Crippen LogP contribution >= 0.6 is 0 Å². The first kappa shape index (κ1) is 15.8. The van der Waals surface area contributed by atoms with E-state index in [2.05, 4.69) is 11.0 Å². The summed E-state index contributed by atoms with van der Waals surface area (Å²) < 4.78 is 39.5. The number of halogens is 3. The van der Waals surface area contributed by atoms with E-state index in [4.69, 9.17) is 0 Å². The lowest BCUT2D eigenvalue weighted by Gasteiger charge is -2.31. The lowest BCUT2D eigenvalue weighted by molar-refractivity contribution is -0.138. The second-order valence-corrected chi connectivity index (χ2v) is 6.50. The summed E-state index contributed by atoms with van der Waals surface area (Å²) in [4.78, 5) is 2.08. The van der Waals surface area contributed by atoms with E-state index >= 15 is 0 Å². The highest BCUT2D eigenvalue weighted by Gasteiger charge is 2.42. The van der Waals surface area contributed by atoms with Gasteiger partial charge in [0, 0.05) is 24.5 Å². The van der Waals surface area contributed by atoms with Gasteiger partial charge in [0.15, 0.2) is 0 Å². The molecule has 1 fully saturated rings. The van der Waals surface area contributed by atoms with E-state index in [1.54, 1.807) is 6.07 Å². The lowest BCUT2D eigenvalue weighted by atomic mass is 9.87. The monoisotopic (exact) mass is 296 g/mol. The molecule has 0 saturated carbocycles. The van der Waals surface area contributed by atoms with Gasteiger partial charge < -0.3 is 0 Å². The third-order valence-electron chi connectivity index (χ3n) is 4.10. The minimum absolute atomic E-state index is 0.156. The van der Waals surface area contributed by atoms with Gasteiger partial charge in [0.1, 0.15) is 0 Å². The summed E-state index contributed by atoms with van der Waals surface area (Å²) >= 11 is 0. The number of alkyl halides is 3. The highest BCUT2D eigenvalue weighted by molar-refractivity contribution is 5.35. The smallest absolute Gasteiger partial charge is 0.297 e. The topological polar surface area (TPSA) is 27.0 Å². The molecule has 1 heterocycles. The van der Waals surface area contributed by atoms with Crippen LogP contribution in [0.4, 0.5) is 13.2 Å². The van der Waals surface area contributed by atoms with Crippen LogP contribution in [0.15, 0.2) is 24.3 Å². The standard InChI is InChI=1S/C16H19F3N2/c1-15(2,3)21-9-11(8-20)13(10-21)12-6-4-5-7-14(12)16(17,18)19/h4-7,11,13H,9-10H2,1-3H3/t11-,13-/m0/s1. The summed E-state index contributed by atoms with van der Waals surface area (Å²) in [5.74, 6) is -0.806. The lowest BCUT2D eigenvalue weighted by Crippen LogP contribution is -2.39. The molecule has 0 N–H and O–H groups in total. The number of hydrogen-bond acceptors (Lipinski definition) is 2. The van der Waals surface area contributed by atoms with Crippen molar-refractivity contribution in [1.29, 1.82) is 5.26 Å². The Morgan fingerprint density at radius 1 is 1.14 bits per heavy atom. The zero-order chi connectivity index (χ0) is 15.8. The van der Waals surface area contributed by atoms with E-state index in [-0.39, 0.29) is 11.1 Å². The van der Waals surface area contributed by atoms with Gasteiger partial charge in [-0.25, -0.2) is 0 Å². The van der Waals surface area contributed by atoms with Crippen LogP contribution in [0.2, 0.25) is 0 Å². The van der Waals surface area contributed by atoms with E-state index in [9.17, 15) is 18.4 Å². The van der Waals surface area contributed by atoms with Crippen molar-refractivity contribution >= 4 is 0 Å². The Hall–Kier alpha value is -1.54. The Balaban J connectivity index is 2.41. The highest BCUT2D eigenvalue weighted by Crippen LogP contribution is 2.41. The average Bonchev–Trinajstić information content (AvgIpc) is 2.81. The summed E-state index contributed by atoms with van der Waals surface area (Å²) in [5.41, 5.74) is -0.536. The predicted octanol–water partition coefficient (Wildman–Crippen LogP) is 4.04. The fourth-order valence-corrected chi connectivity index (χ4v) is 2.88. The molecule has 0 spiro atoms. The van der Waals surface area contributed by atoms with Crippen LogP contribution in [0.3, 0.4) is 0 Å². The van der Waals surface area contributed by atoms with Gasteiger partial charge in [-0.05, 0) is 32.4 Å². The first-order valence-corrected chi connectivity index (χ1v) is 6.95. The van der Waals surface area contributed by atoms with Crippen LogP contribution < -0.4 is 0 Å². The van der Waals surface area contributed by atoms with E-state index in [0.717, 1.165) is 6.07 Å². The van der Waals surface area contributed by atoms with Crippen molar-refractivity contribution in [2.24, 2.45) is 5.92 Å². The third kappa shape index (κ3) is 3.21. The molecule has 0 aromatic heterocycles. The first-order valence-electron chi connectivity index (χ1n) is 6.95. The Morgan fingerprint density at radius 2 is 1.76 bits per heavy atom. The van der Waals surface area contributed by atoms with E-state index in [1.165, 1.54) is 12.1 Å². The largest absolute Gasteiger partial charge is 0.416 e. The quantitative estimate of drug-likeness (QED) is 0.782. The molecule has 5 heteroatoms. The van der Waals surface area contributed by atoms with Gasteiger partial charge >= 0.3 is 6.18 Å². The van der Waals surface area contributed by atoms with Crippen molar-refractivity contribution in [1.82, 2.24) is 4.90 Å². The minimum atomic E-state index is -4.38. The Bertz CT molecular complexity index is 552. The highest BCUT2D eigenvalue weighted by atomic mass is 19.4. The zero-order valence-electron chi connectivity index (χ0n) is 12.4. The van der Waals surface area contributed by atoms with Crippen LogP contribution in [0.25, 0.3) is 0 Å². The van der Waals surface area contributed by atoms with Crippen LogP contribution in [-0.2, 0) is 6.18 Å². The summed E-state index contributed by atoms with van der Waals surface area (Å²) in [6.07, 6.45) is -4.38.